The van der Waals surface area contributed by atoms with E-state index < -0.39 is 0 Å². The van der Waals surface area contributed by atoms with Crippen molar-refractivity contribution in [3.05, 3.63) is 95.8 Å². The highest BCUT2D eigenvalue weighted by Gasteiger charge is 2.18. The first-order valence-corrected chi connectivity index (χ1v) is 7.45. The smallest absolute Gasteiger partial charge is 0.122 e. The van der Waals surface area contributed by atoms with Gasteiger partial charge in [-0.1, -0.05) is 54.6 Å². The molecule has 1 aromatic heterocycles. The molecule has 0 aliphatic carbocycles. The lowest BCUT2D eigenvalue weighted by Gasteiger charge is -2.20. The minimum atomic E-state index is 0.251. The van der Waals surface area contributed by atoms with Crippen LogP contribution in [0.5, 0.6) is 5.75 Å². The highest BCUT2D eigenvalue weighted by molar-refractivity contribution is 5.43. The van der Waals surface area contributed by atoms with Gasteiger partial charge in [-0.25, -0.2) is 0 Å². The van der Waals surface area contributed by atoms with Crippen LogP contribution in [0.1, 0.15) is 22.6 Å². The molecule has 1 atom stereocenters. The zero-order valence-electron chi connectivity index (χ0n) is 12.6. The molecule has 0 N–H and O–H groups in total. The van der Waals surface area contributed by atoms with Crippen molar-refractivity contribution in [2.45, 2.75) is 12.3 Å². The van der Waals surface area contributed by atoms with Gasteiger partial charge in [0.15, 0.2) is 0 Å². The summed E-state index contributed by atoms with van der Waals surface area (Å²) in [5, 5.41) is 0. The predicted octanol–water partition coefficient (Wildman–Crippen LogP) is 4.46. The lowest BCUT2D eigenvalue weighted by molar-refractivity contribution is 0.407. The molecule has 0 saturated heterocycles. The third-order valence-corrected chi connectivity index (χ3v) is 3.88. The molecule has 0 bridgehead atoms. The summed E-state index contributed by atoms with van der Waals surface area (Å²) in [6.45, 7) is 0. The van der Waals surface area contributed by atoms with Crippen LogP contribution < -0.4 is 4.74 Å². The molecule has 0 spiro atoms. The Hall–Kier alpha value is -2.61. The molecule has 22 heavy (non-hydrogen) atoms. The van der Waals surface area contributed by atoms with E-state index in [0.717, 1.165) is 12.2 Å². The highest BCUT2D eigenvalue weighted by atomic mass is 16.5. The zero-order valence-corrected chi connectivity index (χ0v) is 12.6. The van der Waals surface area contributed by atoms with Crippen LogP contribution in [-0.2, 0) is 6.42 Å². The molecule has 3 aromatic rings. The van der Waals surface area contributed by atoms with Gasteiger partial charge in [0, 0.05) is 23.9 Å². The topological polar surface area (TPSA) is 22.1 Å². The summed E-state index contributed by atoms with van der Waals surface area (Å²) in [7, 11) is 1.73. The molecular weight excluding hydrogens is 270 g/mol. The first-order valence-electron chi connectivity index (χ1n) is 7.45. The molecule has 0 saturated carbocycles. The zero-order chi connectivity index (χ0) is 15.2. The van der Waals surface area contributed by atoms with Crippen LogP contribution in [0.2, 0.25) is 0 Å². The number of aromatic nitrogens is 1. The van der Waals surface area contributed by atoms with Crippen molar-refractivity contribution in [2.75, 3.05) is 7.11 Å². The first-order chi connectivity index (χ1) is 10.9. The molecular formula is C20H19NO. The fourth-order valence-corrected chi connectivity index (χ4v) is 2.80. The number of hydrogen-bond acceptors (Lipinski definition) is 2. The van der Waals surface area contributed by atoms with E-state index in [0.29, 0.717) is 0 Å². The van der Waals surface area contributed by atoms with Gasteiger partial charge >= 0.3 is 0 Å². The number of hydrogen-bond donors (Lipinski definition) is 0. The van der Waals surface area contributed by atoms with Crippen LogP contribution >= 0.6 is 0 Å². The number of benzene rings is 2. The maximum Gasteiger partial charge on any atom is 0.122 e. The van der Waals surface area contributed by atoms with Crippen LogP contribution in [0.3, 0.4) is 0 Å². The number of ether oxygens (including phenoxy) is 1. The molecule has 2 heteroatoms. The van der Waals surface area contributed by atoms with Crippen LogP contribution in [0.25, 0.3) is 0 Å². The van der Waals surface area contributed by atoms with Crippen molar-refractivity contribution >= 4 is 0 Å². The second kappa shape index (κ2) is 6.90. The highest BCUT2D eigenvalue weighted by Crippen LogP contribution is 2.34. The summed E-state index contributed by atoms with van der Waals surface area (Å²) in [4.78, 5) is 4.24. The normalized spacial score (nSPS) is 11.9. The van der Waals surface area contributed by atoms with Gasteiger partial charge in [-0.15, -0.1) is 0 Å². The van der Waals surface area contributed by atoms with Crippen molar-refractivity contribution in [3.8, 4) is 5.75 Å². The second-order valence-corrected chi connectivity index (χ2v) is 5.27. The fraction of sp³-hybridized carbons (Fsp3) is 0.150. The van der Waals surface area contributed by atoms with Crippen molar-refractivity contribution < 1.29 is 4.74 Å². The number of para-hydroxylation sites is 1. The van der Waals surface area contributed by atoms with E-state index in [-0.39, 0.29) is 5.92 Å². The Morgan fingerprint density at radius 3 is 2.41 bits per heavy atom. The predicted molar refractivity (Wildman–Crippen MR) is 89.2 cm³/mol. The van der Waals surface area contributed by atoms with Crippen molar-refractivity contribution in [2.24, 2.45) is 0 Å². The molecule has 0 aliphatic heterocycles. The minimum absolute atomic E-state index is 0.251. The molecule has 110 valence electrons. The minimum Gasteiger partial charge on any atom is -0.496 e. The molecule has 1 heterocycles. The Bertz CT molecular complexity index is 710. The van der Waals surface area contributed by atoms with Gasteiger partial charge in [-0.3, -0.25) is 4.98 Å². The summed E-state index contributed by atoms with van der Waals surface area (Å²) >= 11 is 0. The van der Waals surface area contributed by atoms with Gasteiger partial charge in [0.1, 0.15) is 5.75 Å². The Kier molecular flexibility index (Phi) is 4.50. The Morgan fingerprint density at radius 2 is 1.68 bits per heavy atom. The van der Waals surface area contributed by atoms with Gasteiger partial charge in [-0.2, -0.15) is 0 Å². The summed E-state index contributed by atoms with van der Waals surface area (Å²) in [5.74, 6) is 1.18. The number of nitrogens with zero attached hydrogens (tertiary/aromatic N) is 1. The molecule has 0 fully saturated rings. The largest absolute Gasteiger partial charge is 0.496 e. The monoisotopic (exact) mass is 289 g/mol. The molecule has 0 radical (unpaired) electrons. The summed E-state index contributed by atoms with van der Waals surface area (Å²) in [6, 6.07) is 22.9. The number of methoxy groups -OCH3 is 1. The molecule has 2 aromatic carbocycles. The number of rotatable bonds is 5. The molecule has 3 rings (SSSR count). The molecule has 0 amide bonds. The van der Waals surface area contributed by atoms with Gasteiger partial charge in [0.05, 0.1) is 7.11 Å². The van der Waals surface area contributed by atoms with E-state index in [1.54, 1.807) is 7.11 Å². The van der Waals surface area contributed by atoms with Gasteiger partial charge < -0.3 is 4.74 Å². The maximum absolute atomic E-state index is 5.57. The van der Waals surface area contributed by atoms with E-state index in [1.807, 2.05) is 36.7 Å². The standard InChI is InChI=1S/C20H19NO/c1-22-20-12-6-5-11-18(20)19(17-9-3-2-4-10-17)14-16-8-7-13-21-15-16/h2-13,15,19H,14H2,1H3. The molecule has 1 unspecified atom stereocenters. The van der Waals surface area contributed by atoms with E-state index in [9.17, 15) is 0 Å². The third-order valence-electron chi connectivity index (χ3n) is 3.88. The Labute approximate surface area is 131 Å². The fourth-order valence-electron chi connectivity index (χ4n) is 2.80. The lowest BCUT2D eigenvalue weighted by atomic mass is 9.86. The second-order valence-electron chi connectivity index (χ2n) is 5.27. The first kappa shape index (κ1) is 14.3. The van der Waals surface area contributed by atoms with Crippen LogP contribution in [0.4, 0.5) is 0 Å². The number of pyridine rings is 1. The van der Waals surface area contributed by atoms with E-state index in [2.05, 4.69) is 47.4 Å². The molecule has 2 nitrogen and oxygen atoms in total. The van der Waals surface area contributed by atoms with Gasteiger partial charge in [0.25, 0.3) is 0 Å². The van der Waals surface area contributed by atoms with Gasteiger partial charge in [0.2, 0.25) is 0 Å². The third kappa shape index (κ3) is 3.17. The SMILES string of the molecule is COc1ccccc1C(Cc1cccnc1)c1ccccc1. The Morgan fingerprint density at radius 1 is 0.909 bits per heavy atom. The van der Waals surface area contributed by atoms with Crippen LogP contribution in [0.15, 0.2) is 79.1 Å². The van der Waals surface area contributed by atoms with Crippen LogP contribution in [0, 0.1) is 0 Å². The van der Waals surface area contributed by atoms with Crippen LogP contribution in [-0.4, -0.2) is 12.1 Å². The average Bonchev–Trinajstić information content (AvgIpc) is 2.61. The van der Waals surface area contributed by atoms with E-state index >= 15 is 0 Å². The van der Waals surface area contributed by atoms with Crippen molar-refractivity contribution in [1.82, 2.24) is 4.98 Å². The van der Waals surface area contributed by atoms with E-state index in [1.165, 1.54) is 16.7 Å². The Balaban J connectivity index is 2.03. The quantitative estimate of drug-likeness (QED) is 0.691. The average molecular weight is 289 g/mol. The lowest BCUT2D eigenvalue weighted by Crippen LogP contribution is -2.07. The summed E-state index contributed by atoms with van der Waals surface area (Å²) in [6.07, 6.45) is 4.65. The maximum atomic E-state index is 5.57. The van der Waals surface area contributed by atoms with E-state index in [4.69, 9.17) is 4.74 Å². The molecule has 0 aliphatic rings. The summed E-state index contributed by atoms with van der Waals surface area (Å²) in [5.41, 5.74) is 3.72. The summed E-state index contributed by atoms with van der Waals surface area (Å²) < 4.78 is 5.57. The van der Waals surface area contributed by atoms with Gasteiger partial charge in [-0.05, 0) is 29.7 Å². The van der Waals surface area contributed by atoms with Crippen molar-refractivity contribution in [1.29, 1.82) is 0 Å². The van der Waals surface area contributed by atoms with Crippen molar-refractivity contribution in [3.63, 3.8) is 0 Å².